The maximum Gasteiger partial charge on any atom is 0.0642 e. The second-order valence-corrected chi connectivity index (χ2v) is 3.14. The number of hydrogen-bond acceptors (Lipinski definition) is 1. The molecule has 0 radical (unpaired) electrons. The highest BCUT2D eigenvalue weighted by Crippen LogP contribution is 2.11. The fourth-order valence-corrected chi connectivity index (χ4v) is 1.02. The number of hydrogen-bond donors (Lipinski definition) is 1. The van der Waals surface area contributed by atoms with Crippen LogP contribution in [0.15, 0.2) is 29.8 Å². The van der Waals surface area contributed by atoms with E-state index in [1.807, 2.05) is 37.3 Å². The van der Waals surface area contributed by atoms with Crippen molar-refractivity contribution < 1.29 is 5.11 Å². The van der Waals surface area contributed by atoms with Gasteiger partial charge in [0.2, 0.25) is 0 Å². The van der Waals surface area contributed by atoms with Crippen molar-refractivity contribution >= 4 is 17.7 Å². The SMILES string of the molecule is CC(=Cc1ccc(Cl)cc1)CO. The van der Waals surface area contributed by atoms with Crippen molar-refractivity contribution in [3.63, 3.8) is 0 Å². The average molecular weight is 183 g/mol. The summed E-state index contributed by atoms with van der Waals surface area (Å²) in [5.41, 5.74) is 2.00. The molecule has 0 saturated heterocycles. The van der Waals surface area contributed by atoms with Crippen LogP contribution in [0.3, 0.4) is 0 Å². The van der Waals surface area contributed by atoms with Crippen LogP contribution >= 0.6 is 11.6 Å². The first-order valence-electron chi connectivity index (χ1n) is 3.76. The van der Waals surface area contributed by atoms with E-state index in [4.69, 9.17) is 16.7 Å². The van der Waals surface area contributed by atoms with Crippen LogP contribution in [0.2, 0.25) is 5.02 Å². The quantitative estimate of drug-likeness (QED) is 0.746. The van der Waals surface area contributed by atoms with Crippen molar-refractivity contribution in [1.82, 2.24) is 0 Å². The summed E-state index contributed by atoms with van der Waals surface area (Å²) in [6.07, 6.45) is 1.93. The van der Waals surface area contributed by atoms with E-state index in [9.17, 15) is 0 Å². The van der Waals surface area contributed by atoms with Gasteiger partial charge in [0.15, 0.2) is 0 Å². The highest BCUT2D eigenvalue weighted by molar-refractivity contribution is 6.30. The molecule has 0 bridgehead atoms. The minimum Gasteiger partial charge on any atom is -0.392 e. The second kappa shape index (κ2) is 4.29. The lowest BCUT2D eigenvalue weighted by Gasteiger charge is -1.96. The van der Waals surface area contributed by atoms with Crippen LogP contribution in [-0.4, -0.2) is 11.7 Å². The molecular weight excluding hydrogens is 172 g/mol. The average Bonchev–Trinajstić information content (AvgIpc) is 2.09. The highest BCUT2D eigenvalue weighted by Gasteiger charge is 1.89. The predicted octanol–water partition coefficient (Wildman–Crippen LogP) is 2.74. The molecule has 0 spiro atoms. The van der Waals surface area contributed by atoms with E-state index in [1.54, 1.807) is 0 Å². The fraction of sp³-hybridized carbons (Fsp3) is 0.200. The molecule has 0 aromatic heterocycles. The topological polar surface area (TPSA) is 20.2 Å². The van der Waals surface area contributed by atoms with E-state index in [0.29, 0.717) is 0 Å². The van der Waals surface area contributed by atoms with E-state index in [0.717, 1.165) is 16.2 Å². The molecule has 1 rings (SSSR count). The number of rotatable bonds is 2. The zero-order valence-corrected chi connectivity index (χ0v) is 7.67. The molecule has 12 heavy (non-hydrogen) atoms. The smallest absolute Gasteiger partial charge is 0.0642 e. The minimum atomic E-state index is 0.0998. The van der Waals surface area contributed by atoms with Crippen molar-refractivity contribution in [3.8, 4) is 0 Å². The van der Waals surface area contributed by atoms with Crippen molar-refractivity contribution in [2.24, 2.45) is 0 Å². The number of benzene rings is 1. The molecule has 0 atom stereocenters. The van der Waals surface area contributed by atoms with Gasteiger partial charge in [0.05, 0.1) is 6.61 Å². The first-order chi connectivity index (χ1) is 5.72. The van der Waals surface area contributed by atoms with Gasteiger partial charge in [-0.05, 0) is 30.2 Å². The van der Waals surface area contributed by atoms with Gasteiger partial charge in [0.25, 0.3) is 0 Å². The lowest BCUT2D eigenvalue weighted by Crippen LogP contribution is -1.83. The molecule has 1 aromatic rings. The molecule has 2 heteroatoms. The number of aliphatic hydroxyl groups is 1. The van der Waals surface area contributed by atoms with Gasteiger partial charge in [-0.3, -0.25) is 0 Å². The second-order valence-electron chi connectivity index (χ2n) is 2.70. The van der Waals surface area contributed by atoms with Crippen LogP contribution < -0.4 is 0 Å². The summed E-state index contributed by atoms with van der Waals surface area (Å²) < 4.78 is 0. The Labute approximate surface area is 77.3 Å². The maximum atomic E-state index is 8.76. The number of aliphatic hydroxyl groups excluding tert-OH is 1. The molecule has 1 nitrogen and oxygen atoms in total. The molecule has 0 aliphatic rings. The van der Waals surface area contributed by atoms with Crippen LogP contribution in [0.4, 0.5) is 0 Å². The molecule has 1 N–H and O–H groups in total. The van der Waals surface area contributed by atoms with Crippen LogP contribution in [-0.2, 0) is 0 Å². The van der Waals surface area contributed by atoms with E-state index in [1.165, 1.54) is 0 Å². The molecule has 0 saturated carbocycles. The Balaban J connectivity index is 2.84. The van der Waals surface area contributed by atoms with Gasteiger partial charge in [-0.25, -0.2) is 0 Å². The third-order valence-corrected chi connectivity index (χ3v) is 1.78. The summed E-state index contributed by atoms with van der Waals surface area (Å²) in [5.74, 6) is 0. The van der Waals surface area contributed by atoms with Crippen molar-refractivity contribution in [1.29, 1.82) is 0 Å². The summed E-state index contributed by atoms with van der Waals surface area (Å²) in [7, 11) is 0. The van der Waals surface area contributed by atoms with E-state index in [-0.39, 0.29) is 6.61 Å². The molecule has 0 aliphatic heterocycles. The molecule has 1 aromatic carbocycles. The molecule has 0 unspecified atom stereocenters. The Morgan fingerprint density at radius 3 is 2.50 bits per heavy atom. The Bertz CT molecular complexity index is 274. The van der Waals surface area contributed by atoms with Gasteiger partial charge in [0.1, 0.15) is 0 Å². The Kier molecular flexibility index (Phi) is 3.32. The van der Waals surface area contributed by atoms with Gasteiger partial charge in [0, 0.05) is 5.02 Å². The van der Waals surface area contributed by atoms with Crippen LogP contribution in [0, 0.1) is 0 Å². The molecular formula is C10H11ClO. The van der Waals surface area contributed by atoms with Crippen molar-refractivity contribution in [2.75, 3.05) is 6.61 Å². The first kappa shape index (κ1) is 9.30. The largest absolute Gasteiger partial charge is 0.392 e. The van der Waals surface area contributed by atoms with Crippen LogP contribution in [0.25, 0.3) is 6.08 Å². The first-order valence-corrected chi connectivity index (χ1v) is 4.14. The monoisotopic (exact) mass is 182 g/mol. The third kappa shape index (κ3) is 2.68. The third-order valence-electron chi connectivity index (χ3n) is 1.53. The van der Waals surface area contributed by atoms with Gasteiger partial charge >= 0.3 is 0 Å². The van der Waals surface area contributed by atoms with Gasteiger partial charge < -0.3 is 5.11 Å². The summed E-state index contributed by atoms with van der Waals surface area (Å²) in [6.45, 7) is 1.98. The standard InChI is InChI=1S/C10H11ClO/c1-8(7-12)6-9-2-4-10(11)5-3-9/h2-6,12H,7H2,1H3. The van der Waals surface area contributed by atoms with Gasteiger partial charge in [-0.15, -0.1) is 0 Å². The highest BCUT2D eigenvalue weighted by atomic mass is 35.5. The van der Waals surface area contributed by atoms with Gasteiger partial charge in [-0.1, -0.05) is 29.8 Å². The molecule has 0 aliphatic carbocycles. The molecule has 64 valence electrons. The maximum absolute atomic E-state index is 8.76. The lowest BCUT2D eigenvalue weighted by atomic mass is 10.1. The van der Waals surface area contributed by atoms with E-state index in [2.05, 4.69) is 0 Å². The van der Waals surface area contributed by atoms with E-state index < -0.39 is 0 Å². The van der Waals surface area contributed by atoms with E-state index >= 15 is 0 Å². The van der Waals surface area contributed by atoms with Crippen molar-refractivity contribution in [2.45, 2.75) is 6.92 Å². The number of halogens is 1. The van der Waals surface area contributed by atoms with Gasteiger partial charge in [-0.2, -0.15) is 0 Å². The van der Waals surface area contributed by atoms with Crippen molar-refractivity contribution in [3.05, 3.63) is 40.4 Å². The summed E-state index contributed by atoms with van der Waals surface area (Å²) >= 11 is 5.71. The normalized spacial score (nSPS) is 11.8. The zero-order valence-electron chi connectivity index (χ0n) is 6.92. The fourth-order valence-electron chi connectivity index (χ4n) is 0.889. The molecule has 0 fully saturated rings. The van der Waals surface area contributed by atoms with Crippen LogP contribution in [0.5, 0.6) is 0 Å². The minimum absolute atomic E-state index is 0.0998. The summed E-state index contributed by atoms with van der Waals surface area (Å²) in [6, 6.07) is 7.50. The lowest BCUT2D eigenvalue weighted by molar-refractivity contribution is 0.332. The predicted molar refractivity (Wildman–Crippen MR) is 52.2 cm³/mol. The summed E-state index contributed by atoms with van der Waals surface area (Å²) in [5, 5.41) is 9.49. The van der Waals surface area contributed by atoms with Crippen LogP contribution in [0.1, 0.15) is 12.5 Å². The zero-order chi connectivity index (χ0) is 8.97. The Morgan fingerprint density at radius 1 is 1.42 bits per heavy atom. The Morgan fingerprint density at radius 2 is 2.00 bits per heavy atom. The molecule has 0 heterocycles. The Hall–Kier alpha value is -0.790. The molecule has 0 amide bonds. The summed E-state index contributed by atoms with van der Waals surface area (Å²) in [4.78, 5) is 0.